The Bertz CT molecular complexity index is 104. The Morgan fingerprint density at radius 3 is 1.70 bits per heavy atom. The lowest BCUT2D eigenvalue weighted by molar-refractivity contribution is 0.280. The molecule has 60 valence electrons. The average molecular weight is 142 g/mol. The molecule has 0 aromatic carbocycles. The Labute approximate surface area is 64.1 Å². The number of rotatable bonds is 4. The largest absolute Gasteiger partial charge is 0.365 e. The molecule has 2 heteroatoms. The van der Waals surface area contributed by atoms with Gasteiger partial charge in [-0.25, -0.2) is 0 Å². The molecule has 0 aliphatic heterocycles. The molecule has 0 heterocycles. The van der Waals surface area contributed by atoms with Gasteiger partial charge in [0, 0.05) is 27.2 Å². The monoisotopic (exact) mass is 142 g/mol. The van der Waals surface area contributed by atoms with Gasteiger partial charge in [0.2, 0.25) is 0 Å². The molecule has 0 atom stereocenters. The van der Waals surface area contributed by atoms with Crippen molar-refractivity contribution in [3.8, 4) is 0 Å². The molecule has 2 nitrogen and oxygen atoms in total. The molecule has 0 unspecified atom stereocenters. The lowest BCUT2D eigenvalue weighted by atomic mass is 10.5. The minimum absolute atomic E-state index is 1.04. The van der Waals surface area contributed by atoms with Crippen molar-refractivity contribution >= 4 is 0 Å². The fourth-order valence-corrected chi connectivity index (χ4v) is 0.871. The van der Waals surface area contributed by atoms with Crippen molar-refractivity contribution in [1.29, 1.82) is 0 Å². The van der Waals surface area contributed by atoms with E-state index in [1.807, 2.05) is 19.0 Å². The lowest BCUT2D eigenvalue weighted by Crippen LogP contribution is -2.29. The standard InChI is InChI=1S/C8H18N2/c1-6-10(7-2)8(3)9(4)5/h3,6-7H2,1-2,4-5H3. The van der Waals surface area contributed by atoms with E-state index in [2.05, 4.69) is 25.3 Å². The van der Waals surface area contributed by atoms with Gasteiger partial charge in [-0.3, -0.25) is 0 Å². The van der Waals surface area contributed by atoms with E-state index < -0.39 is 0 Å². The molecular formula is C8H18N2. The smallest absolute Gasteiger partial charge is 0.0959 e. The molecule has 0 saturated heterocycles. The summed E-state index contributed by atoms with van der Waals surface area (Å²) in [5, 5.41) is 0. The molecule has 0 aliphatic rings. The van der Waals surface area contributed by atoms with Crippen molar-refractivity contribution in [3.05, 3.63) is 12.4 Å². The highest BCUT2D eigenvalue weighted by molar-refractivity contribution is 4.89. The van der Waals surface area contributed by atoms with Gasteiger partial charge in [0.15, 0.2) is 0 Å². The summed E-state index contributed by atoms with van der Waals surface area (Å²) in [7, 11) is 4.03. The zero-order chi connectivity index (χ0) is 8.15. The van der Waals surface area contributed by atoms with Crippen LogP contribution in [0.5, 0.6) is 0 Å². The van der Waals surface area contributed by atoms with Gasteiger partial charge in [-0.05, 0) is 13.8 Å². The summed E-state index contributed by atoms with van der Waals surface area (Å²) >= 11 is 0. The van der Waals surface area contributed by atoms with Crippen LogP contribution >= 0.6 is 0 Å². The van der Waals surface area contributed by atoms with Gasteiger partial charge in [-0.2, -0.15) is 0 Å². The third-order valence-electron chi connectivity index (χ3n) is 1.64. The van der Waals surface area contributed by atoms with Gasteiger partial charge < -0.3 is 9.80 Å². The molecule has 0 fully saturated rings. The maximum absolute atomic E-state index is 3.95. The second kappa shape index (κ2) is 4.20. The van der Waals surface area contributed by atoms with Crippen molar-refractivity contribution in [3.63, 3.8) is 0 Å². The van der Waals surface area contributed by atoms with Gasteiger partial charge >= 0.3 is 0 Å². The molecule has 0 bridgehead atoms. The summed E-state index contributed by atoms with van der Waals surface area (Å²) in [6.45, 7) is 10.3. The molecule has 0 aromatic rings. The van der Waals surface area contributed by atoms with Gasteiger partial charge in [-0.1, -0.05) is 6.58 Å². The van der Waals surface area contributed by atoms with E-state index in [-0.39, 0.29) is 0 Å². The first-order chi connectivity index (χ1) is 4.63. The molecule has 0 aliphatic carbocycles. The molecule has 0 radical (unpaired) electrons. The highest BCUT2D eigenvalue weighted by Crippen LogP contribution is 2.01. The van der Waals surface area contributed by atoms with E-state index >= 15 is 0 Å². The van der Waals surface area contributed by atoms with Crippen LogP contribution in [-0.2, 0) is 0 Å². The maximum Gasteiger partial charge on any atom is 0.0959 e. The van der Waals surface area contributed by atoms with Crippen molar-refractivity contribution in [2.24, 2.45) is 0 Å². The van der Waals surface area contributed by atoms with Crippen LogP contribution in [0.4, 0.5) is 0 Å². The Balaban J connectivity index is 3.89. The zero-order valence-corrected chi connectivity index (χ0v) is 7.52. The van der Waals surface area contributed by atoms with Crippen LogP contribution in [0.2, 0.25) is 0 Å². The minimum Gasteiger partial charge on any atom is -0.365 e. The number of hydrogen-bond donors (Lipinski definition) is 0. The predicted molar refractivity (Wildman–Crippen MR) is 45.7 cm³/mol. The Morgan fingerprint density at radius 2 is 1.60 bits per heavy atom. The van der Waals surface area contributed by atoms with Crippen LogP contribution in [0.3, 0.4) is 0 Å². The van der Waals surface area contributed by atoms with Crippen molar-refractivity contribution in [2.45, 2.75) is 13.8 Å². The topological polar surface area (TPSA) is 6.48 Å². The minimum atomic E-state index is 1.04. The maximum atomic E-state index is 3.95. The summed E-state index contributed by atoms with van der Waals surface area (Å²) in [6, 6.07) is 0. The predicted octanol–water partition coefficient (Wildman–Crippen LogP) is 1.36. The van der Waals surface area contributed by atoms with Gasteiger partial charge in [0.1, 0.15) is 0 Å². The summed E-state index contributed by atoms with van der Waals surface area (Å²) in [4.78, 5) is 4.26. The summed E-state index contributed by atoms with van der Waals surface area (Å²) in [5.41, 5.74) is 0. The number of hydrogen-bond acceptors (Lipinski definition) is 2. The summed E-state index contributed by atoms with van der Waals surface area (Å²) in [6.07, 6.45) is 0. The molecule has 0 aromatic heterocycles. The molecule has 0 N–H and O–H groups in total. The molecule has 10 heavy (non-hydrogen) atoms. The fraction of sp³-hybridized carbons (Fsp3) is 0.750. The van der Waals surface area contributed by atoms with E-state index in [1.165, 1.54) is 0 Å². The van der Waals surface area contributed by atoms with Crippen molar-refractivity contribution in [2.75, 3.05) is 27.2 Å². The molecular weight excluding hydrogens is 124 g/mol. The summed E-state index contributed by atoms with van der Waals surface area (Å²) in [5.74, 6) is 1.09. The third kappa shape index (κ3) is 2.29. The first-order valence-corrected chi connectivity index (χ1v) is 3.74. The molecule has 0 amide bonds. The van der Waals surface area contributed by atoms with E-state index in [0.717, 1.165) is 18.9 Å². The quantitative estimate of drug-likeness (QED) is 0.585. The summed E-state index contributed by atoms with van der Waals surface area (Å²) < 4.78 is 0. The van der Waals surface area contributed by atoms with Crippen LogP contribution < -0.4 is 0 Å². The number of nitrogens with zero attached hydrogens (tertiary/aromatic N) is 2. The fourth-order valence-electron chi connectivity index (χ4n) is 0.871. The van der Waals surface area contributed by atoms with Gasteiger partial charge in [0.05, 0.1) is 5.82 Å². The van der Waals surface area contributed by atoms with E-state index in [9.17, 15) is 0 Å². The lowest BCUT2D eigenvalue weighted by Gasteiger charge is -2.28. The Hall–Kier alpha value is -0.660. The first kappa shape index (κ1) is 9.34. The second-order valence-corrected chi connectivity index (χ2v) is 2.48. The Kier molecular flexibility index (Phi) is 3.93. The van der Waals surface area contributed by atoms with Crippen LogP contribution in [0.15, 0.2) is 12.4 Å². The average Bonchev–Trinajstić information content (AvgIpc) is 1.90. The second-order valence-electron chi connectivity index (χ2n) is 2.48. The van der Waals surface area contributed by atoms with Crippen LogP contribution in [0.25, 0.3) is 0 Å². The van der Waals surface area contributed by atoms with Crippen LogP contribution in [0, 0.1) is 0 Å². The highest BCUT2D eigenvalue weighted by Gasteiger charge is 2.02. The van der Waals surface area contributed by atoms with Gasteiger partial charge in [0.25, 0.3) is 0 Å². The third-order valence-corrected chi connectivity index (χ3v) is 1.64. The highest BCUT2D eigenvalue weighted by atomic mass is 15.3. The molecule has 0 saturated carbocycles. The van der Waals surface area contributed by atoms with E-state index in [1.54, 1.807) is 0 Å². The van der Waals surface area contributed by atoms with Crippen LogP contribution in [0.1, 0.15) is 13.8 Å². The van der Waals surface area contributed by atoms with Gasteiger partial charge in [-0.15, -0.1) is 0 Å². The van der Waals surface area contributed by atoms with Crippen molar-refractivity contribution in [1.82, 2.24) is 9.80 Å². The SMILES string of the molecule is C=C(N(C)C)N(CC)CC. The van der Waals surface area contributed by atoms with E-state index in [0.29, 0.717) is 0 Å². The normalized spacial score (nSPS) is 9.20. The van der Waals surface area contributed by atoms with Crippen LogP contribution in [-0.4, -0.2) is 37.0 Å². The molecule has 0 rings (SSSR count). The molecule has 0 spiro atoms. The Morgan fingerprint density at radius 1 is 1.20 bits per heavy atom. The zero-order valence-electron chi connectivity index (χ0n) is 7.52. The van der Waals surface area contributed by atoms with Crippen molar-refractivity contribution < 1.29 is 0 Å². The first-order valence-electron chi connectivity index (χ1n) is 3.74. The van der Waals surface area contributed by atoms with E-state index in [4.69, 9.17) is 0 Å².